The largest absolute Gasteiger partial charge is 0.399 e. The number of urea groups is 1. The maximum atomic E-state index is 15.0. The number of rotatable bonds is 12. The molecule has 1 fully saturated rings. The smallest absolute Gasteiger partial charge is 0.321 e. The minimum absolute atomic E-state index is 0.205. The van der Waals surface area contributed by atoms with Gasteiger partial charge in [0, 0.05) is 24.2 Å². The molecular formula is C42H43N5O4. The minimum atomic E-state index is -1.23. The lowest BCUT2D eigenvalue weighted by Crippen LogP contribution is -2.50. The van der Waals surface area contributed by atoms with Crippen molar-refractivity contribution in [1.82, 2.24) is 20.0 Å². The van der Waals surface area contributed by atoms with E-state index in [1.807, 2.05) is 133 Å². The maximum absolute atomic E-state index is 15.0. The van der Waals surface area contributed by atoms with E-state index in [9.17, 15) is 10.2 Å². The first kappa shape index (κ1) is 34.0. The van der Waals surface area contributed by atoms with Crippen molar-refractivity contribution in [2.45, 2.75) is 63.4 Å². The third-order valence-electron chi connectivity index (χ3n) is 9.72. The third kappa shape index (κ3) is 7.97. The first-order chi connectivity index (χ1) is 24.9. The van der Waals surface area contributed by atoms with Crippen LogP contribution in [0.1, 0.15) is 33.5 Å². The van der Waals surface area contributed by atoms with Gasteiger partial charge in [0.1, 0.15) is 12.2 Å². The quantitative estimate of drug-likeness (QED) is 0.113. The van der Waals surface area contributed by atoms with Gasteiger partial charge in [0.05, 0.1) is 36.5 Å². The second-order valence-electron chi connectivity index (χ2n) is 13.3. The molecule has 1 saturated heterocycles. The van der Waals surface area contributed by atoms with Crippen LogP contribution in [-0.4, -0.2) is 60.5 Å². The van der Waals surface area contributed by atoms with Gasteiger partial charge in [0.15, 0.2) is 0 Å². The number of ether oxygens (including phenoxy) is 1. The van der Waals surface area contributed by atoms with Crippen LogP contribution in [0.5, 0.6) is 0 Å². The molecule has 6 aromatic rings. The highest BCUT2D eigenvalue weighted by molar-refractivity contribution is 5.82. The van der Waals surface area contributed by atoms with Crippen LogP contribution in [0.15, 0.2) is 133 Å². The van der Waals surface area contributed by atoms with Crippen molar-refractivity contribution in [2.24, 2.45) is 0 Å². The number of nitrogens with two attached hydrogens (primary N) is 1. The van der Waals surface area contributed by atoms with Crippen molar-refractivity contribution in [2.75, 3.05) is 5.73 Å². The molecule has 9 heteroatoms. The lowest BCUT2D eigenvalue weighted by atomic mass is 9.91. The molecule has 2 heterocycles. The van der Waals surface area contributed by atoms with Crippen molar-refractivity contribution < 1.29 is 19.7 Å². The summed E-state index contributed by atoms with van der Waals surface area (Å²) in [6.45, 7) is 1.23. The topological polar surface area (TPSA) is 128 Å². The Morgan fingerprint density at radius 3 is 1.73 bits per heavy atom. The van der Waals surface area contributed by atoms with Crippen molar-refractivity contribution in [3.8, 4) is 0 Å². The highest BCUT2D eigenvalue weighted by Crippen LogP contribution is 2.31. The van der Waals surface area contributed by atoms with Crippen LogP contribution < -0.4 is 5.73 Å². The zero-order valence-corrected chi connectivity index (χ0v) is 28.4. The van der Waals surface area contributed by atoms with E-state index in [0.29, 0.717) is 31.7 Å². The lowest BCUT2D eigenvalue weighted by molar-refractivity contribution is -0.0408. The Bertz CT molecular complexity index is 2040. The minimum Gasteiger partial charge on any atom is -0.399 e. The first-order valence-electron chi connectivity index (χ1n) is 17.4. The Balaban J connectivity index is 1.24. The monoisotopic (exact) mass is 681 g/mol. The zero-order chi connectivity index (χ0) is 35.2. The summed E-state index contributed by atoms with van der Waals surface area (Å²) in [5.74, 6) is 0. The fourth-order valence-corrected chi connectivity index (χ4v) is 7.06. The van der Waals surface area contributed by atoms with Gasteiger partial charge in [-0.25, -0.2) is 4.79 Å². The fourth-order valence-electron chi connectivity index (χ4n) is 7.06. The number of benzene rings is 5. The van der Waals surface area contributed by atoms with Crippen molar-refractivity contribution in [3.63, 3.8) is 0 Å². The number of hydrogen-bond acceptors (Lipinski definition) is 6. The number of fused-ring (bicyclic) bond motifs is 1. The molecule has 1 aliphatic rings. The molecular weight excluding hydrogens is 638 g/mol. The Hall–Kier alpha value is -5.48. The van der Waals surface area contributed by atoms with Gasteiger partial charge in [-0.3, -0.25) is 5.10 Å². The maximum Gasteiger partial charge on any atom is 0.321 e. The third-order valence-corrected chi connectivity index (χ3v) is 9.72. The molecule has 2 amide bonds. The van der Waals surface area contributed by atoms with Crippen LogP contribution in [0, 0.1) is 0 Å². The summed E-state index contributed by atoms with van der Waals surface area (Å²) in [5.41, 5.74) is 13.1. The van der Waals surface area contributed by atoms with Crippen LogP contribution >= 0.6 is 0 Å². The number of anilines is 1. The van der Waals surface area contributed by atoms with E-state index in [4.69, 9.17) is 10.5 Å². The number of H-pyrrole nitrogens is 1. The number of nitrogen functional groups attached to an aromatic ring is 1. The summed E-state index contributed by atoms with van der Waals surface area (Å²) in [6, 6.07) is 41.3. The van der Waals surface area contributed by atoms with Gasteiger partial charge >= 0.3 is 6.03 Å². The molecule has 0 radical (unpaired) electrons. The average Bonchev–Trinajstić information content (AvgIpc) is 3.54. The Morgan fingerprint density at radius 2 is 1.16 bits per heavy atom. The molecule has 0 spiro atoms. The van der Waals surface area contributed by atoms with Crippen molar-refractivity contribution in [1.29, 1.82) is 0 Å². The average molecular weight is 682 g/mol. The molecule has 7 rings (SSSR count). The van der Waals surface area contributed by atoms with E-state index >= 15 is 4.79 Å². The highest BCUT2D eigenvalue weighted by Gasteiger charge is 2.46. The number of nitrogens with zero attached hydrogens (tertiary/aromatic N) is 3. The van der Waals surface area contributed by atoms with Crippen molar-refractivity contribution in [3.05, 3.63) is 167 Å². The van der Waals surface area contributed by atoms with Crippen LogP contribution in [0.3, 0.4) is 0 Å². The van der Waals surface area contributed by atoms with Crippen LogP contribution in [0.2, 0.25) is 0 Å². The summed E-state index contributed by atoms with van der Waals surface area (Å²) in [6.07, 6.45) is -1.72. The summed E-state index contributed by atoms with van der Waals surface area (Å²) in [7, 11) is 0. The number of carbonyl (C=O) groups excluding carboxylic acids is 1. The molecule has 0 bridgehead atoms. The molecule has 0 unspecified atom stereocenters. The molecule has 0 aliphatic carbocycles. The standard InChI is InChI=1S/C42H43N5O4/c43-34-18-10-17-32(21-34)25-46-38(23-29-11-4-1-5-12-29)40(48)41(49)39(24-30-13-6-2-7-14-30)47(42(46)50)26-33-19-20-36-35(22-33)37(45-44-36)28-51-27-31-15-8-3-9-16-31/h1-22,38-41,48-49H,23-28,43H2,(H,44,45)/t38-,39-,40+,41+/m1/s1. The number of nitrogens with one attached hydrogen (secondary N) is 1. The molecule has 1 aliphatic heterocycles. The Morgan fingerprint density at radius 1 is 0.627 bits per heavy atom. The van der Waals surface area contributed by atoms with E-state index in [2.05, 4.69) is 10.2 Å². The van der Waals surface area contributed by atoms with E-state index in [1.54, 1.807) is 9.80 Å². The van der Waals surface area contributed by atoms with Crippen LogP contribution in [0.4, 0.5) is 10.5 Å². The van der Waals surface area contributed by atoms with Gasteiger partial charge < -0.3 is 30.5 Å². The number of aromatic nitrogens is 2. The van der Waals surface area contributed by atoms with E-state index in [1.165, 1.54) is 0 Å². The summed E-state index contributed by atoms with van der Waals surface area (Å²) >= 11 is 0. The predicted octanol–water partition coefficient (Wildman–Crippen LogP) is 6.24. The fraction of sp³-hybridized carbons (Fsp3) is 0.238. The summed E-state index contributed by atoms with van der Waals surface area (Å²) in [4.78, 5) is 18.5. The van der Waals surface area contributed by atoms with E-state index in [0.717, 1.165) is 44.4 Å². The van der Waals surface area contributed by atoms with E-state index in [-0.39, 0.29) is 19.1 Å². The van der Waals surface area contributed by atoms with Gasteiger partial charge in [-0.15, -0.1) is 0 Å². The lowest BCUT2D eigenvalue weighted by Gasteiger charge is -2.36. The Kier molecular flexibility index (Phi) is 10.4. The number of hydrogen-bond donors (Lipinski definition) is 4. The van der Waals surface area contributed by atoms with Gasteiger partial charge in [0.25, 0.3) is 0 Å². The highest BCUT2D eigenvalue weighted by atomic mass is 16.5. The molecule has 51 heavy (non-hydrogen) atoms. The summed E-state index contributed by atoms with van der Waals surface area (Å²) in [5, 5.41) is 32.6. The number of aliphatic hydroxyl groups excluding tert-OH is 2. The molecule has 1 aromatic heterocycles. The Labute approximate surface area is 297 Å². The molecule has 5 aromatic carbocycles. The van der Waals surface area contributed by atoms with Gasteiger partial charge in [-0.2, -0.15) is 5.10 Å². The SMILES string of the molecule is Nc1cccc(CN2C(=O)N(Cc3ccc4n[nH]c(COCc5ccccc5)c4c3)[C@H](Cc3ccccc3)[C@H](O)[C@@H](O)[C@H]2Cc2ccccc2)c1. The van der Waals surface area contributed by atoms with Crippen LogP contribution in [0.25, 0.3) is 10.9 Å². The van der Waals surface area contributed by atoms with Gasteiger partial charge in [-0.1, -0.05) is 109 Å². The normalized spacial score (nSPS) is 19.4. The van der Waals surface area contributed by atoms with Gasteiger partial charge in [-0.05, 0) is 64.9 Å². The van der Waals surface area contributed by atoms with Crippen LogP contribution in [-0.2, 0) is 43.9 Å². The molecule has 4 atom stereocenters. The second kappa shape index (κ2) is 15.6. The predicted molar refractivity (Wildman–Crippen MR) is 198 cm³/mol. The second-order valence-corrected chi connectivity index (χ2v) is 13.3. The van der Waals surface area contributed by atoms with Gasteiger partial charge in [0.2, 0.25) is 0 Å². The molecule has 9 nitrogen and oxygen atoms in total. The number of aromatic amines is 1. The molecule has 260 valence electrons. The summed E-state index contributed by atoms with van der Waals surface area (Å²) < 4.78 is 6.03. The van der Waals surface area contributed by atoms with E-state index < -0.39 is 24.3 Å². The van der Waals surface area contributed by atoms with Crippen molar-refractivity contribution >= 4 is 22.6 Å². The number of aliphatic hydroxyl groups is 2. The first-order valence-corrected chi connectivity index (χ1v) is 17.4. The number of carbonyl (C=O) groups is 1. The number of amides is 2. The molecule has 5 N–H and O–H groups in total. The molecule has 0 saturated carbocycles. The zero-order valence-electron chi connectivity index (χ0n) is 28.4.